The molecule has 106 valence electrons. The highest BCUT2D eigenvalue weighted by atomic mass is 16.3. The maximum absolute atomic E-state index is 11.1. The van der Waals surface area contributed by atoms with Gasteiger partial charge in [0.1, 0.15) is 5.60 Å². The second-order valence-electron chi connectivity index (χ2n) is 4.99. The van der Waals surface area contributed by atoms with Gasteiger partial charge >= 0.3 is 0 Å². The molecule has 0 spiro atoms. The highest BCUT2D eigenvalue weighted by molar-refractivity contribution is 5.31. The Balaban J connectivity index is 3.06. The molecule has 0 fully saturated rings. The van der Waals surface area contributed by atoms with Gasteiger partial charge in [-0.2, -0.15) is 5.26 Å². The van der Waals surface area contributed by atoms with E-state index in [0.29, 0.717) is 0 Å². The lowest BCUT2D eigenvalue weighted by Crippen LogP contribution is -2.32. The van der Waals surface area contributed by atoms with E-state index in [0.717, 1.165) is 31.2 Å². The van der Waals surface area contributed by atoms with Crippen molar-refractivity contribution in [2.24, 2.45) is 5.92 Å². The van der Waals surface area contributed by atoms with E-state index in [1.54, 1.807) is 12.2 Å². The lowest BCUT2D eigenvalue weighted by atomic mass is 9.78. The maximum Gasteiger partial charge on any atom is 0.115 e. The second-order valence-corrected chi connectivity index (χ2v) is 4.99. The van der Waals surface area contributed by atoms with Crippen molar-refractivity contribution in [3.63, 3.8) is 0 Å². The van der Waals surface area contributed by atoms with Crippen molar-refractivity contribution in [2.75, 3.05) is 0 Å². The minimum Gasteiger partial charge on any atom is -0.380 e. The third-order valence-electron chi connectivity index (χ3n) is 3.62. The molecule has 1 aromatic rings. The molecule has 20 heavy (non-hydrogen) atoms. The topological polar surface area (TPSA) is 44.0 Å². The average molecular weight is 269 g/mol. The fourth-order valence-corrected chi connectivity index (χ4v) is 2.44. The number of aliphatic hydroxyl groups is 1. The number of benzene rings is 1. The van der Waals surface area contributed by atoms with Crippen molar-refractivity contribution in [3.8, 4) is 6.07 Å². The minimum absolute atomic E-state index is 0.0963. The van der Waals surface area contributed by atoms with Crippen LogP contribution < -0.4 is 0 Å². The summed E-state index contributed by atoms with van der Waals surface area (Å²) in [7, 11) is 0. The van der Waals surface area contributed by atoms with Gasteiger partial charge in [-0.05, 0) is 18.1 Å². The smallest absolute Gasteiger partial charge is 0.115 e. The van der Waals surface area contributed by atoms with Crippen molar-refractivity contribution in [1.82, 2.24) is 0 Å². The first kappa shape index (κ1) is 16.2. The molecular weight excluding hydrogens is 246 g/mol. The normalized spacial score (nSPS) is 15.4. The highest BCUT2D eigenvalue weighted by Gasteiger charge is 2.33. The van der Waals surface area contributed by atoms with Crippen LogP contribution in [0.2, 0.25) is 0 Å². The molecule has 0 saturated heterocycles. The molecule has 0 radical (unpaired) electrons. The molecule has 2 atom stereocenters. The van der Waals surface area contributed by atoms with Gasteiger partial charge in [-0.15, -0.1) is 6.58 Å². The van der Waals surface area contributed by atoms with Crippen LogP contribution in [0.1, 0.15) is 38.2 Å². The average Bonchev–Trinajstić information content (AvgIpc) is 2.50. The molecule has 0 aliphatic rings. The summed E-state index contributed by atoms with van der Waals surface area (Å²) in [5.41, 5.74) is -0.361. The number of hydrogen-bond acceptors (Lipinski definition) is 2. The van der Waals surface area contributed by atoms with E-state index < -0.39 is 5.60 Å². The molecule has 1 unspecified atom stereocenters. The van der Waals surface area contributed by atoms with E-state index >= 15 is 0 Å². The Morgan fingerprint density at radius 1 is 1.35 bits per heavy atom. The van der Waals surface area contributed by atoms with Crippen molar-refractivity contribution < 1.29 is 5.11 Å². The molecule has 0 bridgehead atoms. The van der Waals surface area contributed by atoms with Crippen LogP contribution in [0.5, 0.6) is 0 Å². The fraction of sp³-hybridized carbons (Fsp3) is 0.389. The van der Waals surface area contributed by atoms with E-state index in [2.05, 4.69) is 13.5 Å². The molecule has 1 N–H and O–H groups in total. The molecule has 0 amide bonds. The number of allylic oxidation sites excluding steroid dienone is 1. The first-order chi connectivity index (χ1) is 9.69. The molecule has 0 saturated carbocycles. The molecule has 1 aromatic carbocycles. The second kappa shape index (κ2) is 8.35. The van der Waals surface area contributed by atoms with Gasteiger partial charge in [-0.25, -0.2) is 0 Å². The van der Waals surface area contributed by atoms with Crippen LogP contribution in [0.3, 0.4) is 0 Å². The molecule has 0 aliphatic carbocycles. The number of hydrogen-bond donors (Lipinski definition) is 1. The summed E-state index contributed by atoms with van der Waals surface area (Å²) in [6.07, 6.45) is 8.91. The number of unbranched alkanes of at least 4 members (excludes halogenated alkanes) is 2. The zero-order chi connectivity index (χ0) is 14.8. The Morgan fingerprint density at radius 3 is 2.60 bits per heavy atom. The van der Waals surface area contributed by atoms with Gasteiger partial charge in [0.15, 0.2) is 0 Å². The van der Waals surface area contributed by atoms with Gasteiger partial charge < -0.3 is 5.11 Å². The SMILES string of the molecule is C=CC(CCCCC)[C@](O)(/C=C/C#N)c1ccccc1. The van der Waals surface area contributed by atoms with E-state index in [1.807, 2.05) is 36.4 Å². The van der Waals surface area contributed by atoms with Gasteiger partial charge in [0.25, 0.3) is 0 Å². The third-order valence-corrected chi connectivity index (χ3v) is 3.62. The summed E-state index contributed by atoms with van der Waals surface area (Å²) >= 11 is 0. The lowest BCUT2D eigenvalue weighted by molar-refractivity contribution is 0.0400. The van der Waals surface area contributed by atoms with Gasteiger partial charge in [0.2, 0.25) is 0 Å². The summed E-state index contributed by atoms with van der Waals surface area (Å²) in [5, 5.41) is 19.8. The lowest BCUT2D eigenvalue weighted by Gasteiger charge is -2.32. The first-order valence-corrected chi connectivity index (χ1v) is 7.16. The Hall–Kier alpha value is -1.85. The summed E-state index contributed by atoms with van der Waals surface area (Å²) in [6, 6.07) is 11.4. The zero-order valence-electron chi connectivity index (χ0n) is 12.1. The largest absolute Gasteiger partial charge is 0.380 e. The summed E-state index contributed by atoms with van der Waals surface area (Å²) in [4.78, 5) is 0. The van der Waals surface area contributed by atoms with Crippen LogP contribution in [0.4, 0.5) is 0 Å². The van der Waals surface area contributed by atoms with E-state index in [-0.39, 0.29) is 5.92 Å². The van der Waals surface area contributed by atoms with Crippen molar-refractivity contribution >= 4 is 0 Å². The fourth-order valence-electron chi connectivity index (χ4n) is 2.44. The molecule has 2 nitrogen and oxygen atoms in total. The van der Waals surface area contributed by atoms with Crippen LogP contribution in [0.15, 0.2) is 55.1 Å². The van der Waals surface area contributed by atoms with Crippen LogP contribution in [-0.2, 0) is 5.60 Å². The molecule has 0 heterocycles. The van der Waals surface area contributed by atoms with Crippen LogP contribution in [0.25, 0.3) is 0 Å². The van der Waals surface area contributed by atoms with Gasteiger partial charge in [0.05, 0.1) is 6.07 Å². The van der Waals surface area contributed by atoms with Crippen molar-refractivity contribution in [1.29, 1.82) is 5.26 Å². The Bertz CT molecular complexity index is 472. The predicted octanol–water partition coefficient (Wildman–Crippen LogP) is 4.34. The molecule has 0 aromatic heterocycles. The van der Waals surface area contributed by atoms with Crippen LogP contribution in [0, 0.1) is 17.2 Å². The maximum atomic E-state index is 11.1. The monoisotopic (exact) mass is 269 g/mol. The molecule has 2 heteroatoms. The van der Waals surface area contributed by atoms with Gasteiger partial charge in [-0.3, -0.25) is 0 Å². The standard InChI is InChI=1S/C18H23NO/c1-3-5-7-11-16(4-2)18(20,14-10-15-19)17-12-8-6-9-13-17/h4,6,8-10,12-14,16,20H,2-3,5,7,11H2,1H3/b14-10+/t16?,18-/m1/s1. The molecular formula is C18H23NO. The van der Waals surface area contributed by atoms with Crippen LogP contribution in [-0.4, -0.2) is 5.11 Å². The number of nitriles is 1. The quantitative estimate of drug-likeness (QED) is 0.433. The Morgan fingerprint density at radius 2 is 2.05 bits per heavy atom. The summed E-state index contributed by atoms with van der Waals surface area (Å²) in [5.74, 6) is -0.0963. The van der Waals surface area contributed by atoms with Crippen molar-refractivity contribution in [2.45, 2.75) is 38.2 Å². The van der Waals surface area contributed by atoms with E-state index in [1.165, 1.54) is 6.08 Å². The highest BCUT2D eigenvalue weighted by Crippen LogP contribution is 2.35. The predicted molar refractivity (Wildman–Crippen MR) is 82.9 cm³/mol. The Kier molecular flexibility index (Phi) is 6.76. The van der Waals surface area contributed by atoms with E-state index in [4.69, 9.17) is 5.26 Å². The Labute approximate surface area is 122 Å². The molecule has 0 aliphatic heterocycles. The van der Waals surface area contributed by atoms with Crippen LogP contribution >= 0.6 is 0 Å². The van der Waals surface area contributed by atoms with Crippen molar-refractivity contribution in [3.05, 3.63) is 60.7 Å². The first-order valence-electron chi connectivity index (χ1n) is 7.16. The number of rotatable bonds is 8. The zero-order valence-corrected chi connectivity index (χ0v) is 12.1. The summed E-state index contributed by atoms with van der Waals surface area (Å²) in [6.45, 7) is 6.02. The van der Waals surface area contributed by atoms with Gasteiger partial charge in [-0.1, -0.05) is 62.6 Å². The summed E-state index contributed by atoms with van der Waals surface area (Å²) < 4.78 is 0. The molecule has 1 rings (SSSR count). The third kappa shape index (κ3) is 4.08. The number of nitrogens with zero attached hydrogens (tertiary/aromatic N) is 1. The van der Waals surface area contributed by atoms with Gasteiger partial charge in [0, 0.05) is 12.0 Å². The van der Waals surface area contributed by atoms with E-state index in [9.17, 15) is 5.11 Å². The minimum atomic E-state index is -1.16.